The predicted octanol–water partition coefficient (Wildman–Crippen LogP) is 6.30. The number of rotatable bonds is 5. The first-order valence-electron chi connectivity index (χ1n) is 11.2. The molecule has 2 amide bonds. The first kappa shape index (κ1) is 26.8. The number of amides is 2. The Balaban J connectivity index is 1.89. The summed E-state index contributed by atoms with van der Waals surface area (Å²) in [6.45, 7) is 9.99. The first-order valence-corrected chi connectivity index (χ1v) is 12.6. The maximum absolute atomic E-state index is 14.4. The zero-order chi connectivity index (χ0) is 26.0. The second-order valence-corrected chi connectivity index (χ2v) is 11.9. The number of anilines is 1. The molecule has 1 heterocycles. The minimum absolute atomic E-state index is 0.0582. The Morgan fingerprint density at radius 3 is 2.51 bits per heavy atom. The van der Waals surface area contributed by atoms with Gasteiger partial charge in [-0.05, 0) is 55.5 Å². The fourth-order valence-corrected chi connectivity index (χ4v) is 5.48. The predicted molar refractivity (Wildman–Crippen MR) is 136 cm³/mol. The van der Waals surface area contributed by atoms with Gasteiger partial charge in [0.25, 0.3) is 5.91 Å². The van der Waals surface area contributed by atoms with Crippen molar-refractivity contribution in [3.8, 4) is 6.07 Å². The number of nitriles is 1. The van der Waals surface area contributed by atoms with E-state index in [0.29, 0.717) is 22.0 Å². The smallest absolute Gasteiger partial charge is 0.408 e. The number of nitrogens with zero attached hydrogens (tertiary/aromatic N) is 2. The normalized spacial score (nSPS) is 16.2. The van der Waals surface area contributed by atoms with Gasteiger partial charge in [0.15, 0.2) is 0 Å². The van der Waals surface area contributed by atoms with Crippen LogP contribution in [0.3, 0.4) is 0 Å². The Kier molecular flexibility index (Phi) is 8.03. The summed E-state index contributed by atoms with van der Waals surface area (Å²) in [6, 6.07) is 10.5. The summed E-state index contributed by atoms with van der Waals surface area (Å²) >= 11 is 7.24. The summed E-state index contributed by atoms with van der Waals surface area (Å²) in [6.07, 6.45) is -0.0648. The highest BCUT2D eigenvalue weighted by Gasteiger charge is 2.35. The molecular formula is C26H29ClFN3O3S. The lowest BCUT2D eigenvalue weighted by Gasteiger charge is -2.33. The molecule has 1 aliphatic rings. The molecule has 1 aliphatic heterocycles. The third-order valence-corrected chi connectivity index (χ3v) is 6.69. The lowest BCUT2D eigenvalue weighted by molar-refractivity contribution is -0.120. The van der Waals surface area contributed by atoms with Crippen LogP contribution in [0.1, 0.15) is 52.2 Å². The molecule has 0 bridgehead atoms. The minimum Gasteiger partial charge on any atom is -0.444 e. The van der Waals surface area contributed by atoms with Gasteiger partial charge in [-0.1, -0.05) is 44.5 Å². The number of fused-ring (bicyclic) bond motifs is 1. The van der Waals surface area contributed by atoms with E-state index in [-0.39, 0.29) is 29.2 Å². The molecule has 6 nitrogen and oxygen atoms in total. The van der Waals surface area contributed by atoms with Gasteiger partial charge in [-0.2, -0.15) is 5.26 Å². The van der Waals surface area contributed by atoms with Crippen LogP contribution in [0.2, 0.25) is 5.02 Å². The van der Waals surface area contributed by atoms with Gasteiger partial charge in [0.1, 0.15) is 23.5 Å². The topological polar surface area (TPSA) is 82.4 Å². The number of carbonyl (C=O) groups is 2. The summed E-state index contributed by atoms with van der Waals surface area (Å²) in [4.78, 5) is 28.4. The van der Waals surface area contributed by atoms with E-state index in [1.54, 1.807) is 24.3 Å². The molecule has 0 saturated heterocycles. The molecule has 0 aliphatic carbocycles. The van der Waals surface area contributed by atoms with Crippen LogP contribution in [0.15, 0.2) is 41.3 Å². The molecule has 0 aromatic heterocycles. The Bertz CT molecular complexity index is 1160. The van der Waals surface area contributed by atoms with Crippen molar-refractivity contribution in [3.05, 3.63) is 58.4 Å². The van der Waals surface area contributed by atoms with Crippen molar-refractivity contribution in [2.75, 3.05) is 10.7 Å². The van der Waals surface area contributed by atoms with E-state index >= 15 is 0 Å². The quantitative estimate of drug-likeness (QED) is 0.503. The maximum Gasteiger partial charge on any atom is 0.408 e. The Labute approximate surface area is 214 Å². The van der Waals surface area contributed by atoms with Crippen molar-refractivity contribution in [2.45, 2.75) is 64.1 Å². The van der Waals surface area contributed by atoms with Crippen LogP contribution in [0.4, 0.5) is 14.9 Å². The van der Waals surface area contributed by atoms with E-state index in [1.807, 2.05) is 19.9 Å². The Hall–Kier alpha value is -2.76. The monoisotopic (exact) mass is 517 g/mol. The highest BCUT2D eigenvalue weighted by atomic mass is 35.5. The largest absolute Gasteiger partial charge is 0.444 e. The lowest BCUT2D eigenvalue weighted by atomic mass is 9.84. The first-order chi connectivity index (χ1) is 16.3. The molecular weight excluding hydrogens is 489 g/mol. The van der Waals surface area contributed by atoms with Gasteiger partial charge in [0.2, 0.25) is 0 Å². The standard InChI is InChI=1S/C26H29ClFN3O3S/c1-25(2,3)15-26(4,5)34-24(33)30-20-14-35-22-11-19(28)17(12-29)10-21(22)31(23(20)32)13-16-6-8-18(27)9-7-16/h6-11,20H,13-15H2,1-5H3,(H,30,33)/t20-/m0/s1. The molecule has 0 radical (unpaired) electrons. The number of alkyl carbamates (subject to hydrolysis) is 1. The SMILES string of the molecule is CC(C)(C)CC(C)(C)OC(=O)N[C@H]1CSc2cc(F)c(C#N)cc2N(Cc2ccc(Cl)cc2)C1=O. The fraction of sp³-hybridized carbons (Fsp3) is 0.423. The van der Waals surface area contributed by atoms with Crippen LogP contribution in [0.25, 0.3) is 0 Å². The lowest BCUT2D eigenvalue weighted by Crippen LogP contribution is -2.50. The van der Waals surface area contributed by atoms with Crippen molar-refractivity contribution in [2.24, 2.45) is 5.41 Å². The molecule has 0 spiro atoms. The number of hydrogen-bond donors (Lipinski definition) is 1. The molecule has 0 fully saturated rings. The van der Waals surface area contributed by atoms with Gasteiger partial charge in [-0.25, -0.2) is 9.18 Å². The van der Waals surface area contributed by atoms with Crippen molar-refractivity contribution in [1.29, 1.82) is 5.26 Å². The number of benzene rings is 2. The second-order valence-electron chi connectivity index (χ2n) is 10.4. The molecule has 186 valence electrons. The highest BCUT2D eigenvalue weighted by molar-refractivity contribution is 7.99. The summed E-state index contributed by atoms with van der Waals surface area (Å²) in [5.41, 5.74) is 0.250. The third-order valence-electron chi connectivity index (χ3n) is 5.30. The molecule has 9 heteroatoms. The van der Waals surface area contributed by atoms with Gasteiger partial charge in [0, 0.05) is 15.7 Å². The van der Waals surface area contributed by atoms with E-state index < -0.39 is 23.6 Å². The molecule has 0 saturated carbocycles. The molecule has 0 unspecified atom stereocenters. The fourth-order valence-electron chi connectivity index (χ4n) is 4.28. The summed E-state index contributed by atoms with van der Waals surface area (Å²) in [7, 11) is 0. The van der Waals surface area contributed by atoms with Gasteiger partial charge >= 0.3 is 6.09 Å². The zero-order valence-corrected chi connectivity index (χ0v) is 22.0. The van der Waals surface area contributed by atoms with Gasteiger partial charge in [-0.3, -0.25) is 4.79 Å². The Morgan fingerprint density at radius 2 is 1.91 bits per heavy atom. The molecule has 35 heavy (non-hydrogen) atoms. The molecule has 2 aromatic carbocycles. The molecule has 1 atom stereocenters. The number of carbonyl (C=O) groups excluding carboxylic acids is 2. The minimum atomic E-state index is -0.911. The van der Waals surface area contributed by atoms with Gasteiger partial charge in [-0.15, -0.1) is 11.8 Å². The van der Waals surface area contributed by atoms with Crippen LogP contribution in [0, 0.1) is 22.6 Å². The molecule has 1 N–H and O–H groups in total. The second kappa shape index (κ2) is 10.5. The van der Waals surface area contributed by atoms with Gasteiger partial charge in [0.05, 0.1) is 17.8 Å². The molecule has 2 aromatic rings. The van der Waals surface area contributed by atoms with Crippen molar-refractivity contribution in [3.63, 3.8) is 0 Å². The summed E-state index contributed by atoms with van der Waals surface area (Å²) in [5.74, 6) is -0.858. The zero-order valence-electron chi connectivity index (χ0n) is 20.4. The van der Waals surface area contributed by atoms with Crippen LogP contribution in [0.5, 0.6) is 0 Å². The Morgan fingerprint density at radius 1 is 1.26 bits per heavy atom. The third kappa shape index (κ3) is 7.12. The van der Waals surface area contributed by atoms with Gasteiger partial charge < -0.3 is 15.0 Å². The van der Waals surface area contributed by atoms with E-state index in [0.717, 1.165) is 5.56 Å². The number of nitrogens with one attached hydrogen (secondary N) is 1. The number of thioether (sulfide) groups is 1. The average molecular weight is 518 g/mol. The van der Waals surface area contributed by atoms with E-state index in [2.05, 4.69) is 26.1 Å². The van der Waals surface area contributed by atoms with Crippen LogP contribution in [-0.2, 0) is 16.1 Å². The number of halogens is 2. The van der Waals surface area contributed by atoms with Crippen molar-refractivity contribution in [1.82, 2.24) is 5.32 Å². The average Bonchev–Trinajstić information content (AvgIpc) is 2.84. The van der Waals surface area contributed by atoms with E-state index in [4.69, 9.17) is 16.3 Å². The summed E-state index contributed by atoms with van der Waals surface area (Å²) < 4.78 is 20.0. The van der Waals surface area contributed by atoms with Crippen molar-refractivity contribution >= 4 is 41.1 Å². The van der Waals surface area contributed by atoms with Crippen LogP contribution >= 0.6 is 23.4 Å². The van der Waals surface area contributed by atoms with E-state index in [1.165, 1.54) is 28.8 Å². The van der Waals surface area contributed by atoms with Crippen molar-refractivity contribution < 1.29 is 18.7 Å². The van der Waals surface area contributed by atoms with E-state index in [9.17, 15) is 19.2 Å². The number of ether oxygens (including phenoxy) is 1. The highest BCUT2D eigenvalue weighted by Crippen LogP contribution is 2.37. The molecule has 3 rings (SSSR count). The maximum atomic E-state index is 14.4. The number of hydrogen-bond acceptors (Lipinski definition) is 5. The summed E-state index contributed by atoms with van der Waals surface area (Å²) in [5, 5.41) is 12.6. The van der Waals surface area contributed by atoms with Crippen LogP contribution in [-0.4, -0.2) is 29.4 Å². The van der Waals surface area contributed by atoms with Crippen LogP contribution < -0.4 is 10.2 Å².